The summed E-state index contributed by atoms with van der Waals surface area (Å²) in [6, 6.07) is 1.34. The molecule has 0 aliphatic heterocycles. The molecule has 0 saturated carbocycles. The summed E-state index contributed by atoms with van der Waals surface area (Å²) < 4.78 is 14.6. The van der Waals surface area contributed by atoms with Crippen LogP contribution in [0.15, 0.2) is 24.7 Å². The molecule has 0 atom stereocenters. The Hall–Kier alpha value is -1.95. The van der Waals surface area contributed by atoms with Crippen LogP contribution in [0.1, 0.15) is 19.5 Å². The zero-order valence-corrected chi connectivity index (χ0v) is 11.0. The minimum atomic E-state index is -0.421. The average molecular weight is 264 g/mol. The van der Waals surface area contributed by atoms with Gasteiger partial charge in [-0.2, -0.15) is 5.10 Å². The monoisotopic (exact) mass is 264 g/mol. The quantitative estimate of drug-likeness (QED) is 0.866. The minimum Gasteiger partial charge on any atom is -0.390 e. The van der Waals surface area contributed by atoms with Crippen molar-refractivity contribution in [2.75, 3.05) is 11.9 Å². The van der Waals surface area contributed by atoms with E-state index in [9.17, 15) is 9.50 Å². The fourth-order valence-corrected chi connectivity index (χ4v) is 1.65. The van der Waals surface area contributed by atoms with Gasteiger partial charge in [0.1, 0.15) is 11.5 Å². The Bertz CT molecular complexity index is 553. The van der Waals surface area contributed by atoms with Crippen molar-refractivity contribution in [2.45, 2.75) is 20.5 Å². The maximum Gasteiger partial charge on any atom is 0.143 e. The fourth-order valence-electron chi connectivity index (χ4n) is 1.65. The Morgan fingerprint density at radius 2 is 2.21 bits per heavy atom. The summed E-state index contributed by atoms with van der Waals surface area (Å²) in [5.74, 6) is 0.0565. The number of halogens is 1. The van der Waals surface area contributed by atoms with Gasteiger partial charge < -0.3 is 10.4 Å². The van der Waals surface area contributed by atoms with Gasteiger partial charge in [-0.3, -0.25) is 4.98 Å². The lowest BCUT2D eigenvalue weighted by Gasteiger charge is -2.07. The van der Waals surface area contributed by atoms with Crippen LogP contribution in [-0.4, -0.2) is 26.4 Å². The Labute approximate surface area is 111 Å². The molecule has 0 amide bonds. The van der Waals surface area contributed by atoms with Gasteiger partial charge in [0.05, 0.1) is 36.6 Å². The highest BCUT2D eigenvalue weighted by molar-refractivity contribution is 5.48. The molecule has 102 valence electrons. The van der Waals surface area contributed by atoms with Gasteiger partial charge in [0.15, 0.2) is 0 Å². The third kappa shape index (κ3) is 3.29. The summed E-state index contributed by atoms with van der Waals surface area (Å²) in [5, 5.41) is 16.7. The van der Waals surface area contributed by atoms with Crippen molar-refractivity contribution in [3.63, 3.8) is 0 Å². The third-order valence-electron chi connectivity index (χ3n) is 2.60. The van der Waals surface area contributed by atoms with E-state index in [0.717, 1.165) is 18.4 Å². The zero-order valence-electron chi connectivity index (χ0n) is 11.0. The van der Waals surface area contributed by atoms with Crippen LogP contribution in [0.25, 0.3) is 5.69 Å². The summed E-state index contributed by atoms with van der Waals surface area (Å²) in [5.41, 5.74) is 1.80. The molecule has 19 heavy (non-hydrogen) atoms. The minimum absolute atomic E-state index is 0.170. The molecule has 0 spiro atoms. The molecule has 2 aromatic heterocycles. The van der Waals surface area contributed by atoms with Crippen molar-refractivity contribution >= 4 is 5.69 Å². The van der Waals surface area contributed by atoms with Crippen LogP contribution >= 0.6 is 0 Å². The van der Waals surface area contributed by atoms with Gasteiger partial charge in [0, 0.05) is 12.6 Å². The van der Waals surface area contributed by atoms with Gasteiger partial charge in [-0.15, -0.1) is 0 Å². The van der Waals surface area contributed by atoms with Crippen molar-refractivity contribution in [2.24, 2.45) is 5.92 Å². The highest BCUT2D eigenvalue weighted by atomic mass is 19.1. The summed E-state index contributed by atoms with van der Waals surface area (Å²) in [7, 11) is 0. The molecular formula is C13H17FN4O. The number of aliphatic hydroxyl groups is 1. The lowest BCUT2D eigenvalue weighted by atomic mass is 10.2. The molecular weight excluding hydrogens is 247 g/mol. The molecule has 0 aliphatic rings. The van der Waals surface area contributed by atoms with E-state index in [0.29, 0.717) is 17.3 Å². The normalized spacial score (nSPS) is 11.0. The SMILES string of the molecule is CC(C)CNc1cn(-c2cncc(F)c2)nc1CO. The standard InChI is InChI=1S/C13H17FN4O/c1-9(2)4-16-12-7-18(17-13(12)8-19)11-3-10(14)5-15-6-11/h3,5-7,9,16,19H,4,8H2,1-2H3. The second kappa shape index (κ2) is 5.79. The van der Waals surface area contributed by atoms with E-state index in [-0.39, 0.29) is 6.61 Å². The average Bonchev–Trinajstić information content (AvgIpc) is 2.79. The number of nitrogens with zero attached hydrogens (tertiary/aromatic N) is 3. The Balaban J connectivity index is 2.27. The largest absolute Gasteiger partial charge is 0.390 e. The second-order valence-corrected chi connectivity index (χ2v) is 4.73. The van der Waals surface area contributed by atoms with Crippen molar-refractivity contribution in [1.29, 1.82) is 0 Å². The fraction of sp³-hybridized carbons (Fsp3) is 0.385. The highest BCUT2D eigenvalue weighted by Crippen LogP contribution is 2.17. The van der Waals surface area contributed by atoms with E-state index >= 15 is 0 Å². The molecule has 2 rings (SSSR count). The van der Waals surface area contributed by atoms with Crippen molar-refractivity contribution < 1.29 is 9.50 Å². The van der Waals surface area contributed by atoms with E-state index < -0.39 is 5.82 Å². The molecule has 2 heterocycles. The van der Waals surface area contributed by atoms with E-state index in [1.807, 2.05) is 0 Å². The van der Waals surface area contributed by atoms with Gasteiger partial charge in [0.2, 0.25) is 0 Å². The molecule has 0 fully saturated rings. The lowest BCUT2D eigenvalue weighted by Crippen LogP contribution is -2.08. The number of nitrogens with one attached hydrogen (secondary N) is 1. The second-order valence-electron chi connectivity index (χ2n) is 4.73. The number of aliphatic hydroxyl groups excluding tert-OH is 1. The number of hydrogen-bond donors (Lipinski definition) is 2. The highest BCUT2D eigenvalue weighted by Gasteiger charge is 2.10. The Morgan fingerprint density at radius 3 is 2.84 bits per heavy atom. The molecule has 2 aromatic rings. The van der Waals surface area contributed by atoms with Gasteiger partial charge >= 0.3 is 0 Å². The van der Waals surface area contributed by atoms with E-state index in [2.05, 4.69) is 29.2 Å². The molecule has 0 radical (unpaired) electrons. The molecule has 0 aromatic carbocycles. The van der Waals surface area contributed by atoms with E-state index in [1.54, 1.807) is 6.20 Å². The topological polar surface area (TPSA) is 63.0 Å². The van der Waals surface area contributed by atoms with Gasteiger partial charge in [-0.1, -0.05) is 13.8 Å². The molecule has 6 heteroatoms. The van der Waals surface area contributed by atoms with Crippen molar-refractivity contribution in [1.82, 2.24) is 14.8 Å². The van der Waals surface area contributed by atoms with Crippen molar-refractivity contribution in [3.05, 3.63) is 36.2 Å². The lowest BCUT2D eigenvalue weighted by molar-refractivity contribution is 0.276. The summed E-state index contributed by atoms with van der Waals surface area (Å²) in [4.78, 5) is 3.78. The zero-order chi connectivity index (χ0) is 13.8. The number of rotatable bonds is 5. The summed E-state index contributed by atoms with van der Waals surface area (Å²) in [6.45, 7) is 4.79. The first kappa shape index (κ1) is 13.5. The van der Waals surface area contributed by atoms with Gasteiger partial charge in [-0.25, -0.2) is 9.07 Å². The van der Waals surface area contributed by atoms with Gasteiger partial charge in [-0.05, 0) is 5.92 Å². The number of aromatic nitrogens is 3. The van der Waals surface area contributed by atoms with Gasteiger partial charge in [0.25, 0.3) is 0 Å². The first-order chi connectivity index (χ1) is 9.10. The molecule has 2 N–H and O–H groups in total. The van der Waals surface area contributed by atoms with Crippen LogP contribution in [0.2, 0.25) is 0 Å². The molecule has 0 aliphatic carbocycles. The van der Waals surface area contributed by atoms with Crippen LogP contribution in [-0.2, 0) is 6.61 Å². The Morgan fingerprint density at radius 1 is 1.42 bits per heavy atom. The Kier molecular flexibility index (Phi) is 4.11. The predicted octanol–water partition coefficient (Wildman–Crippen LogP) is 1.97. The summed E-state index contributed by atoms with van der Waals surface area (Å²) in [6.07, 6.45) is 4.38. The van der Waals surface area contributed by atoms with Crippen molar-refractivity contribution in [3.8, 4) is 5.69 Å². The van der Waals surface area contributed by atoms with E-state index in [1.165, 1.54) is 16.9 Å². The van der Waals surface area contributed by atoms with Crippen LogP contribution in [0, 0.1) is 11.7 Å². The number of pyridine rings is 1. The smallest absolute Gasteiger partial charge is 0.143 e. The molecule has 0 bridgehead atoms. The van der Waals surface area contributed by atoms with E-state index in [4.69, 9.17) is 0 Å². The molecule has 5 nitrogen and oxygen atoms in total. The first-order valence-corrected chi connectivity index (χ1v) is 6.14. The number of anilines is 1. The maximum atomic E-state index is 13.1. The van der Waals surface area contributed by atoms with Crippen LogP contribution in [0.5, 0.6) is 0 Å². The van der Waals surface area contributed by atoms with Crippen LogP contribution < -0.4 is 5.32 Å². The molecule has 0 saturated heterocycles. The predicted molar refractivity (Wildman–Crippen MR) is 70.6 cm³/mol. The first-order valence-electron chi connectivity index (χ1n) is 6.14. The van der Waals surface area contributed by atoms with Crippen LogP contribution in [0.3, 0.4) is 0 Å². The maximum absolute atomic E-state index is 13.1. The summed E-state index contributed by atoms with van der Waals surface area (Å²) >= 11 is 0. The third-order valence-corrected chi connectivity index (χ3v) is 2.60. The molecule has 0 unspecified atom stereocenters. The van der Waals surface area contributed by atoms with Crippen LogP contribution in [0.4, 0.5) is 10.1 Å². The number of hydrogen-bond acceptors (Lipinski definition) is 4.